The number of rotatable bonds is 4. The van der Waals surface area contributed by atoms with Gasteiger partial charge in [0.25, 0.3) is 0 Å². The number of amides is 1. The zero-order chi connectivity index (χ0) is 17.8. The molecule has 0 aliphatic carbocycles. The summed E-state index contributed by atoms with van der Waals surface area (Å²) in [5.74, 6) is -0.597. The fourth-order valence-corrected chi connectivity index (χ4v) is 3.16. The third-order valence-corrected chi connectivity index (χ3v) is 4.75. The Morgan fingerprint density at radius 3 is 2.24 bits per heavy atom. The molecule has 0 bridgehead atoms. The van der Waals surface area contributed by atoms with Crippen LogP contribution in [0.1, 0.15) is 11.1 Å². The number of benzene rings is 2. The van der Waals surface area contributed by atoms with Crippen LogP contribution in [0.15, 0.2) is 42.5 Å². The maximum atomic E-state index is 13.1. The predicted octanol–water partition coefficient (Wildman–Crippen LogP) is 3.51. The molecule has 0 aromatic heterocycles. The molecule has 1 saturated heterocycles. The second-order valence-electron chi connectivity index (χ2n) is 6.20. The van der Waals surface area contributed by atoms with Crippen molar-refractivity contribution in [3.05, 3.63) is 70.2 Å². The van der Waals surface area contributed by atoms with Crippen LogP contribution in [0.25, 0.3) is 0 Å². The topological polar surface area (TPSA) is 23.6 Å². The molecule has 1 aliphatic rings. The van der Waals surface area contributed by atoms with Crippen LogP contribution in [-0.2, 0) is 17.8 Å². The van der Waals surface area contributed by atoms with Gasteiger partial charge in [0.1, 0.15) is 11.6 Å². The van der Waals surface area contributed by atoms with Crippen LogP contribution in [0.3, 0.4) is 0 Å². The number of piperazine rings is 1. The van der Waals surface area contributed by atoms with Crippen molar-refractivity contribution in [1.82, 2.24) is 9.80 Å². The highest BCUT2D eigenvalue weighted by atomic mass is 35.5. The van der Waals surface area contributed by atoms with E-state index in [0.29, 0.717) is 24.7 Å². The van der Waals surface area contributed by atoms with Crippen molar-refractivity contribution < 1.29 is 13.6 Å². The highest BCUT2D eigenvalue weighted by Gasteiger charge is 2.21. The Bertz CT molecular complexity index is 744. The van der Waals surface area contributed by atoms with Crippen molar-refractivity contribution in [2.24, 2.45) is 0 Å². The van der Waals surface area contributed by atoms with Crippen LogP contribution < -0.4 is 0 Å². The van der Waals surface area contributed by atoms with E-state index in [-0.39, 0.29) is 24.0 Å². The second kappa shape index (κ2) is 7.93. The second-order valence-corrected chi connectivity index (χ2v) is 6.60. The minimum absolute atomic E-state index is 0.0473. The summed E-state index contributed by atoms with van der Waals surface area (Å²) in [4.78, 5) is 16.4. The molecule has 1 fully saturated rings. The van der Waals surface area contributed by atoms with Crippen LogP contribution >= 0.6 is 11.6 Å². The predicted molar refractivity (Wildman–Crippen MR) is 93.4 cm³/mol. The summed E-state index contributed by atoms with van der Waals surface area (Å²) in [6.45, 7) is 3.39. The quantitative estimate of drug-likeness (QED) is 0.829. The van der Waals surface area contributed by atoms with E-state index in [4.69, 9.17) is 11.6 Å². The fraction of sp³-hybridized carbons (Fsp3) is 0.316. The normalized spacial score (nSPS) is 15.4. The van der Waals surface area contributed by atoms with E-state index in [2.05, 4.69) is 4.90 Å². The molecular weight excluding hydrogens is 346 g/mol. The van der Waals surface area contributed by atoms with Gasteiger partial charge in [-0.3, -0.25) is 9.69 Å². The first-order valence-corrected chi connectivity index (χ1v) is 8.57. The van der Waals surface area contributed by atoms with Gasteiger partial charge in [0.15, 0.2) is 0 Å². The standard InChI is InChI=1S/C19H19ClF2N2O/c20-18-12-17(22)6-3-15(18)13-23-7-9-24(10-8-23)19(25)11-14-1-4-16(21)5-2-14/h1-6,12H,7-11,13H2. The molecule has 0 radical (unpaired) electrons. The molecule has 0 N–H and O–H groups in total. The Balaban J connectivity index is 1.51. The maximum Gasteiger partial charge on any atom is 0.227 e. The van der Waals surface area contributed by atoms with Gasteiger partial charge < -0.3 is 4.90 Å². The molecule has 3 rings (SSSR count). The van der Waals surface area contributed by atoms with Crippen molar-refractivity contribution in [3.63, 3.8) is 0 Å². The van der Waals surface area contributed by atoms with Crippen molar-refractivity contribution >= 4 is 17.5 Å². The summed E-state index contributed by atoms with van der Waals surface area (Å²) >= 11 is 6.07. The Kier molecular flexibility index (Phi) is 5.66. The van der Waals surface area contributed by atoms with Crippen LogP contribution in [0.2, 0.25) is 5.02 Å². The highest BCUT2D eigenvalue weighted by Crippen LogP contribution is 2.20. The summed E-state index contributed by atoms with van der Waals surface area (Å²) in [6, 6.07) is 10.4. The minimum atomic E-state index is -0.343. The van der Waals surface area contributed by atoms with Gasteiger partial charge in [-0.2, -0.15) is 0 Å². The van der Waals surface area contributed by atoms with Gasteiger partial charge >= 0.3 is 0 Å². The zero-order valence-electron chi connectivity index (χ0n) is 13.7. The molecule has 0 atom stereocenters. The Morgan fingerprint density at radius 1 is 0.960 bits per heavy atom. The lowest BCUT2D eigenvalue weighted by molar-refractivity contribution is -0.132. The summed E-state index contributed by atoms with van der Waals surface area (Å²) in [6.07, 6.45) is 0.282. The van der Waals surface area contributed by atoms with E-state index < -0.39 is 0 Å². The molecule has 2 aromatic carbocycles. The van der Waals surface area contributed by atoms with Gasteiger partial charge in [-0.15, -0.1) is 0 Å². The molecule has 1 aliphatic heterocycles. The third kappa shape index (κ3) is 4.77. The maximum absolute atomic E-state index is 13.1. The molecule has 3 nitrogen and oxygen atoms in total. The van der Waals surface area contributed by atoms with E-state index in [1.807, 2.05) is 4.90 Å². The third-order valence-electron chi connectivity index (χ3n) is 4.40. The first kappa shape index (κ1) is 17.8. The molecule has 1 heterocycles. The SMILES string of the molecule is O=C(Cc1ccc(F)cc1)N1CCN(Cc2ccc(F)cc2Cl)CC1. The Morgan fingerprint density at radius 2 is 1.60 bits per heavy atom. The van der Waals surface area contributed by atoms with Crippen LogP contribution in [-0.4, -0.2) is 41.9 Å². The lowest BCUT2D eigenvalue weighted by Gasteiger charge is -2.35. The smallest absolute Gasteiger partial charge is 0.227 e. The number of hydrogen-bond acceptors (Lipinski definition) is 2. The van der Waals surface area contributed by atoms with Gasteiger partial charge in [0, 0.05) is 37.7 Å². The van der Waals surface area contributed by atoms with Crippen molar-refractivity contribution in [2.45, 2.75) is 13.0 Å². The van der Waals surface area contributed by atoms with Crippen LogP contribution in [0.5, 0.6) is 0 Å². The largest absolute Gasteiger partial charge is 0.340 e. The van der Waals surface area contributed by atoms with Crippen molar-refractivity contribution in [1.29, 1.82) is 0 Å². The minimum Gasteiger partial charge on any atom is -0.340 e. The molecule has 1 amide bonds. The lowest BCUT2D eigenvalue weighted by Crippen LogP contribution is -2.48. The Hall–Kier alpha value is -1.98. The molecule has 6 heteroatoms. The summed E-state index contributed by atoms with van der Waals surface area (Å²) < 4.78 is 26.0. The lowest BCUT2D eigenvalue weighted by atomic mass is 10.1. The average molecular weight is 365 g/mol. The molecule has 0 unspecified atom stereocenters. The van der Waals surface area contributed by atoms with E-state index in [1.54, 1.807) is 18.2 Å². The van der Waals surface area contributed by atoms with Crippen molar-refractivity contribution in [2.75, 3.05) is 26.2 Å². The van der Waals surface area contributed by atoms with E-state index in [1.165, 1.54) is 24.3 Å². The Labute approximate surface area is 150 Å². The van der Waals surface area contributed by atoms with Gasteiger partial charge in [0.2, 0.25) is 5.91 Å². The molecule has 2 aromatic rings. The van der Waals surface area contributed by atoms with Gasteiger partial charge in [-0.05, 0) is 35.4 Å². The van der Waals surface area contributed by atoms with Crippen LogP contribution in [0.4, 0.5) is 8.78 Å². The van der Waals surface area contributed by atoms with Crippen LogP contribution in [0, 0.1) is 11.6 Å². The van der Waals surface area contributed by atoms with Crippen molar-refractivity contribution in [3.8, 4) is 0 Å². The number of halogens is 3. The molecule has 132 valence electrons. The first-order chi connectivity index (χ1) is 12.0. The van der Waals surface area contributed by atoms with E-state index >= 15 is 0 Å². The molecule has 0 saturated carbocycles. The molecule has 25 heavy (non-hydrogen) atoms. The summed E-state index contributed by atoms with van der Waals surface area (Å²) in [7, 11) is 0. The van der Waals surface area contributed by atoms with Gasteiger partial charge in [-0.25, -0.2) is 8.78 Å². The van der Waals surface area contributed by atoms with Gasteiger partial charge in [0.05, 0.1) is 6.42 Å². The highest BCUT2D eigenvalue weighted by molar-refractivity contribution is 6.31. The van der Waals surface area contributed by atoms with Gasteiger partial charge in [-0.1, -0.05) is 29.8 Å². The number of carbonyl (C=O) groups excluding carboxylic acids is 1. The first-order valence-electron chi connectivity index (χ1n) is 8.20. The monoisotopic (exact) mass is 364 g/mol. The average Bonchev–Trinajstić information content (AvgIpc) is 2.60. The van der Waals surface area contributed by atoms with E-state index in [0.717, 1.165) is 24.2 Å². The summed E-state index contributed by atoms with van der Waals surface area (Å²) in [5, 5.41) is 0.426. The number of carbonyl (C=O) groups is 1. The number of hydrogen-bond donors (Lipinski definition) is 0. The molecular formula is C19H19ClF2N2O. The fourth-order valence-electron chi connectivity index (χ4n) is 2.93. The number of nitrogens with zero attached hydrogens (tertiary/aromatic N) is 2. The summed E-state index contributed by atoms with van der Waals surface area (Å²) in [5.41, 5.74) is 1.70. The zero-order valence-corrected chi connectivity index (χ0v) is 14.5. The molecule has 0 spiro atoms. The van der Waals surface area contributed by atoms with E-state index in [9.17, 15) is 13.6 Å².